The van der Waals surface area contributed by atoms with Crippen LogP contribution < -0.4 is 9.54 Å². The van der Waals surface area contributed by atoms with Gasteiger partial charge in [0.2, 0.25) is 0 Å². The van der Waals surface area contributed by atoms with Crippen LogP contribution in [-0.4, -0.2) is 16.6 Å². The fourth-order valence-electron chi connectivity index (χ4n) is 1.95. The molecule has 0 bridgehead atoms. The summed E-state index contributed by atoms with van der Waals surface area (Å²) in [6.07, 6.45) is 2.11. The molecule has 0 fully saturated rings. The lowest BCUT2D eigenvalue weighted by atomic mass is 9.96. The number of aryl methyl sites for hydroxylation is 1. The minimum Gasteiger partial charge on any atom is -0.491 e. The highest BCUT2D eigenvalue weighted by Gasteiger charge is 2.21. The molecule has 1 aromatic carbocycles. The van der Waals surface area contributed by atoms with Gasteiger partial charge in [-0.2, -0.15) is 4.99 Å². The van der Waals surface area contributed by atoms with Crippen LogP contribution in [0.3, 0.4) is 0 Å². The monoisotopic (exact) mass is 332 g/mol. The average molecular weight is 332 g/mol. The van der Waals surface area contributed by atoms with E-state index in [4.69, 9.17) is 4.74 Å². The number of hydrogen-bond acceptors (Lipinski definition) is 3. The quantitative estimate of drug-likeness (QED) is 0.849. The number of benzene rings is 1. The highest BCUT2D eigenvalue weighted by atomic mass is 32.1. The van der Waals surface area contributed by atoms with Gasteiger partial charge in [0.1, 0.15) is 5.75 Å². The van der Waals surface area contributed by atoms with Crippen molar-refractivity contribution in [1.82, 2.24) is 4.57 Å². The Morgan fingerprint density at radius 3 is 2.61 bits per heavy atom. The third kappa shape index (κ3) is 4.55. The molecule has 0 radical (unpaired) electrons. The van der Waals surface area contributed by atoms with Crippen molar-refractivity contribution >= 4 is 17.2 Å². The van der Waals surface area contributed by atoms with Gasteiger partial charge in [0.05, 0.1) is 11.8 Å². The molecule has 124 valence electrons. The van der Waals surface area contributed by atoms with E-state index in [9.17, 15) is 4.79 Å². The molecule has 0 aliphatic heterocycles. The van der Waals surface area contributed by atoms with Crippen molar-refractivity contribution in [3.8, 4) is 11.4 Å². The summed E-state index contributed by atoms with van der Waals surface area (Å²) in [6, 6.07) is 7.83. The molecule has 1 aromatic heterocycles. The molecular weight excluding hydrogens is 308 g/mol. The van der Waals surface area contributed by atoms with Crippen molar-refractivity contribution in [2.24, 2.45) is 10.4 Å². The van der Waals surface area contributed by atoms with E-state index in [0.29, 0.717) is 4.80 Å². The number of nitrogens with zero attached hydrogens (tertiary/aromatic N) is 2. The summed E-state index contributed by atoms with van der Waals surface area (Å²) in [7, 11) is 0. The number of thiazole rings is 1. The van der Waals surface area contributed by atoms with Crippen LogP contribution in [-0.2, 0) is 4.79 Å². The van der Waals surface area contributed by atoms with Gasteiger partial charge < -0.3 is 4.74 Å². The fraction of sp³-hybridized carbons (Fsp3) is 0.444. The van der Waals surface area contributed by atoms with Crippen LogP contribution >= 0.6 is 11.3 Å². The molecule has 23 heavy (non-hydrogen) atoms. The van der Waals surface area contributed by atoms with E-state index in [2.05, 4.69) is 4.99 Å². The van der Waals surface area contributed by atoms with Crippen LogP contribution in [0.5, 0.6) is 5.75 Å². The molecule has 0 unspecified atom stereocenters. The summed E-state index contributed by atoms with van der Waals surface area (Å²) in [6.45, 7) is 11.6. The maximum atomic E-state index is 12.2. The highest BCUT2D eigenvalue weighted by Crippen LogP contribution is 2.19. The van der Waals surface area contributed by atoms with Crippen LogP contribution in [0.4, 0.5) is 0 Å². The topological polar surface area (TPSA) is 43.6 Å². The Bertz CT molecular complexity index is 764. The predicted octanol–water partition coefficient (Wildman–Crippen LogP) is 4.11. The lowest BCUT2D eigenvalue weighted by Gasteiger charge is -2.13. The Morgan fingerprint density at radius 2 is 2.00 bits per heavy atom. The number of carbonyl (C=O) groups excluding carboxylic acids is 1. The Balaban J connectivity index is 2.49. The fourth-order valence-corrected chi connectivity index (χ4v) is 2.78. The number of rotatable bonds is 3. The predicted molar refractivity (Wildman–Crippen MR) is 94.2 cm³/mol. The van der Waals surface area contributed by atoms with Gasteiger partial charge in [0, 0.05) is 22.6 Å². The van der Waals surface area contributed by atoms with Crippen molar-refractivity contribution in [2.75, 3.05) is 0 Å². The minimum absolute atomic E-state index is 0.117. The van der Waals surface area contributed by atoms with Crippen molar-refractivity contribution in [2.45, 2.75) is 47.6 Å². The SMILES string of the molecule is Cc1cn(-c2cccc(OC(C)C)c2)c(=NC(=O)C(C)(C)C)s1. The number of hydrogen-bond donors (Lipinski definition) is 0. The van der Waals surface area contributed by atoms with E-state index in [1.165, 1.54) is 11.3 Å². The van der Waals surface area contributed by atoms with Crippen LogP contribution in [0.1, 0.15) is 39.5 Å². The van der Waals surface area contributed by atoms with E-state index >= 15 is 0 Å². The van der Waals surface area contributed by atoms with Gasteiger partial charge in [-0.05, 0) is 32.9 Å². The van der Waals surface area contributed by atoms with Gasteiger partial charge in [-0.1, -0.05) is 26.8 Å². The molecule has 0 N–H and O–H groups in total. The summed E-state index contributed by atoms with van der Waals surface area (Å²) < 4.78 is 7.69. The number of ether oxygens (including phenoxy) is 1. The molecule has 0 saturated carbocycles. The molecule has 1 heterocycles. The molecule has 2 rings (SSSR count). The summed E-state index contributed by atoms with van der Waals surface area (Å²) in [4.78, 5) is 18.3. The first-order valence-corrected chi connectivity index (χ1v) is 8.54. The van der Waals surface area contributed by atoms with Crippen LogP contribution in [0.25, 0.3) is 5.69 Å². The summed E-state index contributed by atoms with van der Waals surface area (Å²) in [5, 5.41) is 0. The van der Waals surface area contributed by atoms with E-state index < -0.39 is 5.41 Å². The Morgan fingerprint density at radius 1 is 1.30 bits per heavy atom. The van der Waals surface area contributed by atoms with E-state index in [-0.39, 0.29) is 12.0 Å². The molecule has 4 nitrogen and oxygen atoms in total. The smallest absolute Gasteiger partial charge is 0.253 e. The van der Waals surface area contributed by atoms with Gasteiger partial charge in [0.25, 0.3) is 5.91 Å². The van der Waals surface area contributed by atoms with Gasteiger partial charge in [-0.25, -0.2) is 0 Å². The van der Waals surface area contributed by atoms with E-state index in [1.54, 1.807) is 0 Å². The number of carbonyl (C=O) groups is 1. The Hall–Kier alpha value is -1.88. The highest BCUT2D eigenvalue weighted by molar-refractivity contribution is 7.09. The van der Waals surface area contributed by atoms with Crippen LogP contribution in [0.15, 0.2) is 35.5 Å². The van der Waals surface area contributed by atoms with Crippen LogP contribution in [0, 0.1) is 12.3 Å². The summed E-state index contributed by atoms with van der Waals surface area (Å²) >= 11 is 1.51. The molecule has 0 spiro atoms. The maximum Gasteiger partial charge on any atom is 0.253 e. The largest absolute Gasteiger partial charge is 0.491 e. The Kier molecular flexibility index (Phi) is 5.09. The van der Waals surface area contributed by atoms with E-state index in [0.717, 1.165) is 16.3 Å². The molecule has 5 heteroatoms. The van der Waals surface area contributed by atoms with Crippen LogP contribution in [0.2, 0.25) is 0 Å². The van der Waals surface area contributed by atoms with Gasteiger partial charge in [0.15, 0.2) is 4.80 Å². The zero-order valence-electron chi connectivity index (χ0n) is 14.6. The molecule has 0 atom stereocenters. The second kappa shape index (κ2) is 6.71. The standard InChI is InChI=1S/C18H24N2O2S/c1-12(2)22-15-9-7-8-14(10-15)20-11-13(3)23-17(20)19-16(21)18(4,5)6/h7-12H,1-6H3. The molecule has 2 aromatic rings. The first kappa shape index (κ1) is 17.5. The lowest BCUT2D eigenvalue weighted by molar-refractivity contribution is -0.125. The first-order valence-electron chi connectivity index (χ1n) is 7.72. The van der Waals surface area contributed by atoms with Crippen molar-refractivity contribution in [3.05, 3.63) is 40.1 Å². The summed E-state index contributed by atoms with van der Waals surface area (Å²) in [5.74, 6) is 0.685. The normalized spacial score (nSPS) is 12.7. The lowest BCUT2D eigenvalue weighted by Crippen LogP contribution is -2.23. The third-order valence-corrected chi connectivity index (χ3v) is 3.97. The first-order chi connectivity index (χ1) is 10.7. The van der Waals surface area contributed by atoms with Crippen molar-refractivity contribution in [3.63, 3.8) is 0 Å². The number of aromatic nitrogens is 1. The number of amides is 1. The van der Waals surface area contributed by atoms with Gasteiger partial charge >= 0.3 is 0 Å². The second-order valence-corrected chi connectivity index (χ2v) is 8.04. The molecular formula is C18H24N2O2S. The molecule has 0 aliphatic rings. The third-order valence-electron chi connectivity index (χ3n) is 3.08. The minimum atomic E-state index is -0.488. The second-order valence-electron chi connectivity index (χ2n) is 6.83. The summed E-state index contributed by atoms with van der Waals surface area (Å²) in [5.41, 5.74) is 0.450. The van der Waals surface area contributed by atoms with Gasteiger partial charge in [-0.15, -0.1) is 11.3 Å². The molecule has 1 amide bonds. The molecule has 0 saturated heterocycles. The maximum absolute atomic E-state index is 12.2. The van der Waals surface area contributed by atoms with Crippen molar-refractivity contribution < 1.29 is 9.53 Å². The van der Waals surface area contributed by atoms with E-state index in [1.807, 2.05) is 76.6 Å². The zero-order chi connectivity index (χ0) is 17.2. The molecule has 0 aliphatic carbocycles. The van der Waals surface area contributed by atoms with Gasteiger partial charge in [-0.3, -0.25) is 9.36 Å². The zero-order valence-corrected chi connectivity index (χ0v) is 15.4. The average Bonchev–Trinajstić information content (AvgIpc) is 2.78. The Labute approximate surface area is 141 Å². The van der Waals surface area contributed by atoms with Crippen molar-refractivity contribution in [1.29, 1.82) is 0 Å².